The van der Waals surface area contributed by atoms with Gasteiger partial charge < -0.3 is 15.4 Å². The Morgan fingerprint density at radius 2 is 1.69 bits per heavy atom. The molecule has 0 bridgehead atoms. The van der Waals surface area contributed by atoms with E-state index in [0.29, 0.717) is 35.1 Å². The quantitative estimate of drug-likeness (QED) is 0.396. The Hall–Kier alpha value is -4.26. The number of amides is 1. The third kappa shape index (κ3) is 5.07. The molecule has 0 aliphatic carbocycles. The number of carbonyl (C=O) groups excluding carboxylic acids is 1. The minimum absolute atomic E-state index is 0.237. The number of para-hydroxylation sites is 2. The number of nitrogens with zero attached hydrogens (tertiary/aromatic N) is 2. The molecule has 4 aromatic rings. The molecule has 0 atom stereocenters. The third-order valence-corrected chi connectivity index (χ3v) is 4.65. The Balaban J connectivity index is 1.41. The summed E-state index contributed by atoms with van der Waals surface area (Å²) in [5.74, 6) is 0.475. The second kappa shape index (κ2) is 9.70. The zero-order valence-electron chi connectivity index (χ0n) is 17.4. The van der Waals surface area contributed by atoms with Gasteiger partial charge in [-0.25, -0.2) is 14.4 Å². The lowest BCUT2D eigenvalue weighted by Crippen LogP contribution is -2.13. The van der Waals surface area contributed by atoms with E-state index in [1.165, 1.54) is 12.1 Å². The van der Waals surface area contributed by atoms with Crippen LogP contribution in [-0.2, 0) is 0 Å². The number of hydrogen-bond acceptors (Lipinski definition) is 5. The molecule has 1 heterocycles. The highest BCUT2D eigenvalue weighted by atomic mass is 19.1. The van der Waals surface area contributed by atoms with E-state index in [-0.39, 0.29) is 11.7 Å². The highest BCUT2D eigenvalue weighted by molar-refractivity contribution is 6.05. The van der Waals surface area contributed by atoms with Crippen LogP contribution < -0.4 is 15.4 Å². The number of ether oxygens (including phenoxy) is 1. The number of carbonyl (C=O) groups is 1. The van der Waals surface area contributed by atoms with Crippen molar-refractivity contribution >= 4 is 23.2 Å². The van der Waals surface area contributed by atoms with Crippen LogP contribution in [-0.4, -0.2) is 22.5 Å². The van der Waals surface area contributed by atoms with Gasteiger partial charge in [-0.05, 0) is 61.0 Å². The van der Waals surface area contributed by atoms with Crippen LogP contribution in [0, 0.1) is 5.82 Å². The van der Waals surface area contributed by atoms with Crippen molar-refractivity contribution in [3.05, 3.63) is 96.6 Å². The van der Waals surface area contributed by atoms with Gasteiger partial charge in [-0.3, -0.25) is 4.79 Å². The molecule has 0 fully saturated rings. The van der Waals surface area contributed by atoms with Gasteiger partial charge >= 0.3 is 0 Å². The average Bonchev–Trinajstić information content (AvgIpc) is 2.81. The van der Waals surface area contributed by atoms with Gasteiger partial charge in [-0.1, -0.05) is 24.3 Å². The van der Waals surface area contributed by atoms with E-state index in [4.69, 9.17) is 4.74 Å². The molecular weight excluding hydrogens is 407 g/mol. The number of hydrogen-bond donors (Lipinski definition) is 2. The molecule has 0 radical (unpaired) electrons. The molecule has 6 nitrogen and oxygen atoms in total. The molecule has 0 spiro atoms. The Kier molecular flexibility index (Phi) is 6.36. The highest BCUT2D eigenvalue weighted by Crippen LogP contribution is 2.25. The van der Waals surface area contributed by atoms with Crippen molar-refractivity contribution in [2.45, 2.75) is 6.92 Å². The van der Waals surface area contributed by atoms with Crippen molar-refractivity contribution in [2.24, 2.45) is 0 Å². The van der Waals surface area contributed by atoms with Crippen LogP contribution in [0.25, 0.3) is 11.1 Å². The minimum Gasteiger partial charge on any atom is -0.492 e. The van der Waals surface area contributed by atoms with Crippen molar-refractivity contribution in [1.29, 1.82) is 0 Å². The smallest absolute Gasteiger partial charge is 0.255 e. The summed E-state index contributed by atoms with van der Waals surface area (Å²) < 4.78 is 18.9. The summed E-state index contributed by atoms with van der Waals surface area (Å²) >= 11 is 0. The summed E-state index contributed by atoms with van der Waals surface area (Å²) in [5.41, 5.74) is 3.28. The number of aromatic nitrogens is 2. The molecule has 160 valence electrons. The van der Waals surface area contributed by atoms with E-state index < -0.39 is 0 Å². The van der Waals surface area contributed by atoms with Crippen molar-refractivity contribution < 1.29 is 13.9 Å². The highest BCUT2D eigenvalue weighted by Gasteiger charge is 2.10. The van der Waals surface area contributed by atoms with Crippen LogP contribution in [0.2, 0.25) is 0 Å². The van der Waals surface area contributed by atoms with E-state index in [1.54, 1.807) is 54.9 Å². The van der Waals surface area contributed by atoms with Crippen LogP contribution in [0.1, 0.15) is 17.3 Å². The molecule has 4 rings (SSSR count). The standard InChI is InChI=1S/C25H21FN4O2/c1-2-32-23-9-4-3-8-22(23)30-24(31)17-10-12-21(13-11-17)29-25-27-15-19(16-28-25)18-6-5-7-20(26)14-18/h3-16H,2H2,1H3,(H,30,31)(H,27,28,29). The van der Waals surface area contributed by atoms with Gasteiger partial charge in [0.2, 0.25) is 5.95 Å². The van der Waals surface area contributed by atoms with E-state index >= 15 is 0 Å². The van der Waals surface area contributed by atoms with Crippen LogP contribution >= 0.6 is 0 Å². The number of benzene rings is 3. The summed E-state index contributed by atoms with van der Waals surface area (Å²) in [7, 11) is 0. The maximum atomic E-state index is 13.4. The fourth-order valence-corrected chi connectivity index (χ4v) is 3.09. The maximum absolute atomic E-state index is 13.4. The van der Waals surface area contributed by atoms with E-state index in [1.807, 2.05) is 25.1 Å². The molecule has 0 saturated heterocycles. The molecule has 32 heavy (non-hydrogen) atoms. The van der Waals surface area contributed by atoms with Crippen molar-refractivity contribution in [3.63, 3.8) is 0 Å². The Bertz CT molecular complexity index is 1210. The van der Waals surface area contributed by atoms with Crippen LogP contribution in [0.15, 0.2) is 85.2 Å². The van der Waals surface area contributed by atoms with Gasteiger partial charge in [0.05, 0.1) is 12.3 Å². The molecule has 1 aromatic heterocycles. The van der Waals surface area contributed by atoms with E-state index in [9.17, 15) is 9.18 Å². The fraction of sp³-hybridized carbons (Fsp3) is 0.0800. The monoisotopic (exact) mass is 428 g/mol. The Morgan fingerprint density at radius 3 is 2.41 bits per heavy atom. The number of nitrogens with one attached hydrogen (secondary N) is 2. The molecule has 2 N–H and O–H groups in total. The topological polar surface area (TPSA) is 76.1 Å². The van der Waals surface area contributed by atoms with Gasteiger partial charge in [-0.2, -0.15) is 0 Å². The second-order valence-corrected chi connectivity index (χ2v) is 6.89. The van der Waals surface area contributed by atoms with Crippen LogP contribution in [0.4, 0.5) is 21.7 Å². The van der Waals surface area contributed by atoms with Crippen LogP contribution in [0.3, 0.4) is 0 Å². The third-order valence-electron chi connectivity index (χ3n) is 4.65. The first-order chi connectivity index (χ1) is 15.6. The summed E-state index contributed by atoms with van der Waals surface area (Å²) in [4.78, 5) is 21.2. The molecule has 1 amide bonds. The summed E-state index contributed by atoms with van der Waals surface area (Å²) in [6.07, 6.45) is 3.25. The van der Waals surface area contributed by atoms with E-state index in [2.05, 4.69) is 20.6 Å². The van der Waals surface area contributed by atoms with Crippen molar-refractivity contribution in [1.82, 2.24) is 9.97 Å². The normalized spacial score (nSPS) is 10.4. The minimum atomic E-state index is -0.310. The predicted molar refractivity (Wildman–Crippen MR) is 123 cm³/mol. The Labute approximate surface area is 185 Å². The molecular formula is C25H21FN4O2. The lowest BCUT2D eigenvalue weighted by molar-refractivity contribution is 0.102. The lowest BCUT2D eigenvalue weighted by atomic mass is 10.1. The zero-order valence-corrected chi connectivity index (χ0v) is 17.4. The van der Waals surface area contributed by atoms with Gasteiger partial charge in [0, 0.05) is 29.2 Å². The lowest BCUT2D eigenvalue weighted by Gasteiger charge is -2.11. The van der Waals surface area contributed by atoms with E-state index in [0.717, 1.165) is 11.3 Å². The first-order valence-corrected chi connectivity index (χ1v) is 10.1. The fourth-order valence-electron chi connectivity index (χ4n) is 3.09. The Morgan fingerprint density at radius 1 is 0.938 bits per heavy atom. The summed E-state index contributed by atoms with van der Waals surface area (Å²) in [6, 6.07) is 20.5. The molecule has 0 aliphatic heterocycles. The van der Waals surface area contributed by atoms with Gasteiger partial charge in [0.25, 0.3) is 5.91 Å². The van der Waals surface area contributed by atoms with Gasteiger partial charge in [0.1, 0.15) is 11.6 Å². The van der Waals surface area contributed by atoms with Crippen molar-refractivity contribution in [3.8, 4) is 16.9 Å². The van der Waals surface area contributed by atoms with Gasteiger partial charge in [-0.15, -0.1) is 0 Å². The summed E-state index contributed by atoms with van der Waals surface area (Å²) in [5, 5.41) is 5.96. The number of anilines is 3. The van der Waals surface area contributed by atoms with Crippen LogP contribution in [0.5, 0.6) is 5.75 Å². The summed E-state index contributed by atoms with van der Waals surface area (Å²) in [6.45, 7) is 2.40. The SMILES string of the molecule is CCOc1ccccc1NC(=O)c1ccc(Nc2ncc(-c3cccc(F)c3)cn2)cc1. The molecule has 3 aromatic carbocycles. The first kappa shape index (κ1) is 21.0. The molecule has 7 heteroatoms. The number of halogens is 1. The first-order valence-electron chi connectivity index (χ1n) is 10.1. The molecule has 0 aliphatic rings. The predicted octanol–water partition coefficient (Wildman–Crippen LogP) is 5.68. The average molecular weight is 428 g/mol. The number of rotatable bonds is 7. The zero-order chi connectivity index (χ0) is 22.3. The molecule has 0 unspecified atom stereocenters. The maximum Gasteiger partial charge on any atom is 0.255 e. The largest absolute Gasteiger partial charge is 0.492 e. The second-order valence-electron chi connectivity index (χ2n) is 6.89. The van der Waals surface area contributed by atoms with Gasteiger partial charge in [0.15, 0.2) is 0 Å². The molecule has 0 saturated carbocycles. The van der Waals surface area contributed by atoms with Crippen molar-refractivity contribution in [2.75, 3.05) is 17.2 Å².